The lowest BCUT2D eigenvalue weighted by Gasteiger charge is -2.27. The number of aryl methyl sites for hydroxylation is 1. The predicted octanol–water partition coefficient (Wildman–Crippen LogP) is 3.06. The Morgan fingerprint density at radius 1 is 1.35 bits per heavy atom. The fourth-order valence-corrected chi connectivity index (χ4v) is 2.93. The minimum atomic E-state index is -0.856. The van der Waals surface area contributed by atoms with Crippen LogP contribution in [0.3, 0.4) is 0 Å². The number of aliphatic hydroxyl groups excluding tert-OH is 1. The molecule has 0 fully saturated rings. The van der Waals surface area contributed by atoms with Gasteiger partial charge in [-0.3, -0.25) is 0 Å². The number of aliphatic hydroxyl groups is 1. The Bertz CT molecular complexity index is 732. The van der Waals surface area contributed by atoms with Gasteiger partial charge < -0.3 is 20.1 Å². The fourth-order valence-electron chi connectivity index (χ4n) is 2.93. The third-order valence-electron chi connectivity index (χ3n) is 4.47. The molecule has 1 aromatic heterocycles. The average molecular weight is 367 g/mol. The van der Waals surface area contributed by atoms with E-state index in [4.69, 9.17) is 15.6 Å². The van der Waals surface area contributed by atoms with E-state index in [9.17, 15) is 8.78 Å². The minimum Gasteiger partial charge on any atom is -0.394 e. The topological polar surface area (TPSA) is 73.3 Å². The first kappa shape index (κ1) is 20.5. The van der Waals surface area contributed by atoms with Crippen molar-refractivity contribution >= 4 is 0 Å². The monoisotopic (exact) mass is 367 g/mol. The molecule has 3 N–H and O–H groups in total. The van der Waals surface area contributed by atoms with Gasteiger partial charge in [0, 0.05) is 6.54 Å². The SMILES string of the molecule is CC[C@@H](N)c1ncc(C(C)(C)OCCO)n1CCc1cccc(F)c1F. The van der Waals surface area contributed by atoms with E-state index in [1.54, 1.807) is 12.3 Å². The molecule has 0 radical (unpaired) electrons. The Labute approximate surface area is 152 Å². The van der Waals surface area contributed by atoms with Gasteiger partial charge in [-0.1, -0.05) is 19.1 Å². The molecule has 0 aliphatic carbocycles. The molecule has 2 rings (SSSR count). The van der Waals surface area contributed by atoms with E-state index in [1.165, 1.54) is 6.07 Å². The Balaban J connectivity index is 2.34. The molecule has 5 nitrogen and oxygen atoms in total. The Hall–Kier alpha value is -1.83. The van der Waals surface area contributed by atoms with Gasteiger partial charge in [0.1, 0.15) is 11.4 Å². The molecule has 1 heterocycles. The highest BCUT2D eigenvalue weighted by molar-refractivity contribution is 5.20. The number of halogens is 2. The van der Waals surface area contributed by atoms with Crippen LogP contribution in [-0.2, 0) is 23.3 Å². The number of hydrogen-bond acceptors (Lipinski definition) is 4. The first-order valence-electron chi connectivity index (χ1n) is 8.81. The van der Waals surface area contributed by atoms with Gasteiger partial charge in [-0.15, -0.1) is 0 Å². The lowest BCUT2D eigenvalue weighted by Crippen LogP contribution is -2.28. The van der Waals surface area contributed by atoms with Crippen molar-refractivity contribution in [2.24, 2.45) is 5.73 Å². The molecule has 0 aliphatic rings. The number of benzene rings is 1. The molecule has 0 saturated heterocycles. The van der Waals surface area contributed by atoms with Crippen LogP contribution in [0, 0.1) is 11.6 Å². The van der Waals surface area contributed by atoms with Crippen molar-refractivity contribution in [1.29, 1.82) is 0 Å². The third kappa shape index (κ3) is 4.47. The molecular weight excluding hydrogens is 340 g/mol. The predicted molar refractivity (Wildman–Crippen MR) is 95.6 cm³/mol. The number of aromatic nitrogens is 2. The van der Waals surface area contributed by atoms with Crippen LogP contribution in [-0.4, -0.2) is 27.9 Å². The van der Waals surface area contributed by atoms with E-state index in [1.807, 2.05) is 25.3 Å². The molecule has 1 aromatic carbocycles. The van der Waals surface area contributed by atoms with Crippen molar-refractivity contribution in [3.63, 3.8) is 0 Å². The number of ether oxygens (including phenoxy) is 1. The van der Waals surface area contributed by atoms with Gasteiger partial charge in [0.2, 0.25) is 0 Å². The van der Waals surface area contributed by atoms with E-state index < -0.39 is 17.2 Å². The summed E-state index contributed by atoms with van der Waals surface area (Å²) >= 11 is 0. The van der Waals surface area contributed by atoms with Crippen molar-refractivity contribution in [1.82, 2.24) is 9.55 Å². The standard InChI is InChI=1S/C19H27F2N3O2/c1-4-15(22)18-23-12-16(19(2,3)26-11-10-25)24(18)9-8-13-6-5-7-14(20)17(13)21/h5-7,12,15,25H,4,8-11,22H2,1-3H3/t15-/m1/s1. The van der Waals surface area contributed by atoms with Crippen LogP contribution < -0.4 is 5.73 Å². The van der Waals surface area contributed by atoms with E-state index in [0.717, 1.165) is 11.8 Å². The number of nitrogens with two attached hydrogens (primary N) is 1. The van der Waals surface area contributed by atoms with Crippen LogP contribution in [0.4, 0.5) is 8.78 Å². The molecule has 144 valence electrons. The second kappa shape index (κ2) is 8.70. The highest BCUT2D eigenvalue weighted by Gasteiger charge is 2.28. The smallest absolute Gasteiger partial charge is 0.162 e. The molecule has 0 spiro atoms. The molecule has 26 heavy (non-hydrogen) atoms. The minimum absolute atomic E-state index is 0.0899. The Morgan fingerprint density at radius 3 is 2.73 bits per heavy atom. The molecule has 7 heteroatoms. The number of hydrogen-bond donors (Lipinski definition) is 2. The van der Waals surface area contributed by atoms with Gasteiger partial charge in [-0.05, 0) is 38.3 Å². The molecule has 0 bridgehead atoms. The quantitative estimate of drug-likeness (QED) is 0.714. The summed E-state index contributed by atoms with van der Waals surface area (Å²) in [4.78, 5) is 4.44. The van der Waals surface area contributed by atoms with Crippen LogP contribution in [0.1, 0.15) is 50.3 Å². The van der Waals surface area contributed by atoms with Crippen molar-refractivity contribution < 1.29 is 18.6 Å². The summed E-state index contributed by atoms with van der Waals surface area (Å²) in [5.41, 5.74) is 6.55. The zero-order chi connectivity index (χ0) is 19.3. The van der Waals surface area contributed by atoms with Crippen LogP contribution in [0.25, 0.3) is 0 Å². The van der Waals surface area contributed by atoms with Crippen molar-refractivity contribution in [3.05, 3.63) is 53.1 Å². The summed E-state index contributed by atoms with van der Waals surface area (Å²) < 4.78 is 35.1. The van der Waals surface area contributed by atoms with Gasteiger partial charge in [-0.2, -0.15) is 0 Å². The fraction of sp³-hybridized carbons (Fsp3) is 0.526. The molecule has 0 unspecified atom stereocenters. The summed E-state index contributed by atoms with van der Waals surface area (Å²) in [5.74, 6) is -1.00. The maximum absolute atomic E-state index is 14.0. The van der Waals surface area contributed by atoms with Crippen LogP contribution in [0.15, 0.2) is 24.4 Å². The summed E-state index contributed by atoms with van der Waals surface area (Å²) in [6, 6.07) is 3.90. The van der Waals surface area contributed by atoms with Gasteiger partial charge in [0.25, 0.3) is 0 Å². The number of nitrogens with zero attached hydrogens (tertiary/aromatic N) is 2. The van der Waals surface area contributed by atoms with Crippen molar-refractivity contribution in [2.45, 2.75) is 51.8 Å². The van der Waals surface area contributed by atoms with E-state index in [0.29, 0.717) is 30.8 Å². The largest absolute Gasteiger partial charge is 0.394 e. The highest BCUT2D eigenvalue weighted by Crippen LogP contribution is 2.28. The average Bonchev–Trinajstić information content (AvgIpc) is 3.05. The van der Waals surface area contributed by atoms with E-state index >= 15 is 0 Å². The molecular formula is C19H27F2N3O2. The lowest BCUT2D eigenvalue weighted by molar-refractivity contribution is -0.0420. The first-order valence-corrected chi connectivity index (χ1v) is 8.81. The van der Waals surface area contributed by atoms with Crippen molar-refractivity contribution in [3.8, 4) is 0 Å². The normalized spacial score (nSPS) is 13.2. The first-order chi connectivity index (χ1) is 12.3. The molecule has 1 atom stereocenters. The number of rotatable bonds is 9. The zero-order valence-corrected chi connectivity index (χ0v) is 15.5. The summed E-state index contributed by atoms with van der Waals surface area (Å²) in [6.07, 6.45) is 2.69. The second-order valence-electron chi connectivity index (χ2n) is 6.71. The Kier molecular flexibility index (Phi) is 6.86. The number of imidazole rings is 1. The highest BCUT2D eigenvalue weighted by atomic mass is 19.2. The Morgan fingerprint density at radius 2 is 2.08 bits per heavy atom. The van der Waals surface area contributed by atoms with E-state index in [-0.39, 0.29) is 19.3 Å². The summed E-state index contributed by atoms with van der Waals surface area (Å²) in [6.45, 7) is 6.20. The molecule has 2 aromatic rings. The van der Waals surface area contributed by atoms with Crippen LogP contribution >= 0.6 is 0 Å². The van der Waals surface area contributed by atoms with Gasteiger partial charge >= 0.3 is 0 Å². The lowest BCUT2D eigenvalue weighted by atomic mass is 10.0. The van der Waals surface area contributed by atoms with Crippen LogP contribution in [0.2, 0.25) is 0 Å². The molecule has 0 amide bonds. The van der Waals surface area contributed by atoms with Gasteiger partial charge in [0.15, 0.2) is 11.6 Å². The maximum Gasteiger partial charge on any atom is 0.162 e. The van der Waals surface area contributed by atoms with Gasteiger partial charge in [-0.25, -0.2) is 13.8 Å². The molecule has 0 saturated carbocycles. The molecule has 0 aliphatic heterocycles. The van der Waals surface area contributed by atoms with Crippen molar-refractivity contribution in [2.75, 3.05) is 13.2 Å². The zero-order valence-electron chi connectivity index (χ0n) is 15.5. The van der Waals surface area contributed by atoms with Crippen LogP contribution in [0.5, 0.6) is 0 Å². The van der Waals surface area contributed by atoms with Gasteiger partial charge in [0.05, 0.1) is 31.1 Å². The van der Waals surface area contributed by atoms with E-state index in [2.05, 4.69) is 4.98 Å². The summed E-state index contributed by atoms with van der Waals surface area (Å²) in [5, 5.41) is 9.04. The maximum atomic E-state index is 14.0. The second-order valence-corrected chi connectivity index (χ2v) is 6.71. The summed E-state index contributed by atoms with van der Waals surface area (Å²) in [7, 11) is 0. The third-order valence-corrected chi connectivity index (χ3v) is 4.47.